The van der Waals surface area contributed by atoms with Crippen LogP contribution in [0.1, 0.15) is 32.6 Å². The predicted octanol–water partition coefficient (Wildman–Crippen LogP) is 2.59. The molecule has 0 aromatic rings. The van der Waals surface area contributed by atoms with E-state index in [0.717, 1.165) is 29.7 Å². The van der Waals surface area contributed by atoms with E-state index in [0.29, 0.717) is 0 Å². The van der Waals surface area contributed by atoms with Crippen molar-refractivity contribution in [3.05, 3.63) is 12.2 Å². The van der Waals surface area contributed by atoms with E-state index in [1.165, 1.54) is 32.2 Å². The minimum absolute atomic E-state index is 0.845. The van der Waals surface area contributed by atoms with E-state index in [9.17, 15) is 0 Å². The highest BCUT2D eigenvalue weighted by Gasteiger charge is 2.36. The van der Waals surface area contributed by atoms with Crippen molar-refractivity contribution in [1.82, 2.24) is 5.32 Å². The number of hydrogen-bond donors (Lipinski definition) is 1. The molecule has 3 aliphatic carbocycles. The van der Waals surface area contributed by atoms with E-state index in [-0.39, 0.29) is 0 Å². The first-order valence-electron chi connectivity index (χ1n) is 6.24. The second-order valence-corrected chi connectivity index (χ2v) is 5.61. The average Bonchev–Trinajstić information content (AvgIpc) is 2.77. The summed E-state index contributed by atoms with van der Waals surface area (Å²) in [5.74, 6) is 3.75. The Bertz CT molecular complexity index is 246. The van der Waals surface area contributed by atoms with Gasteiger partial charge < -0.3 is 5.32 Å². The summed E-state index contributed by atoms with van der Waals surface area (Å²) in [4.78, 5) is 0. The van der Waals surface area contributed by atoms with Crippen LogP contribution < -0.4 is 5.32 Å². The highest BCUT2D eigenvalue weighted by atomic mass is 14.9. The molecule has 2 bridgehead atoms. The third-order valence-corrected chi connectivity index (χ3v) is 4.68. The molecule has 0 aromatic carbocycles. The summed E-state index contributed by atoms with van der Waals surface area (Å²) in [5, 5.41) is 3.76. The van der Waals surface area contributed by atoms with Gasteiger partial charge in [-0.2, -0.15) is 0 Å². The van der Waals surface area contributed by atoms with Crippen molar-refractivity contribution in [2.75, 3.05) is 6.54 Å². The van der Waals surface area contributed by atoms with Crippen molar-refractivity contribution in [3.8, 4) is 0 Å². The van der Waals surface area contributed by atoms with Gasteiger partial charge in [-0.3, -0.25) is 0 Å². The molecule has 1 N–H and O–H groups in total. The van der Waals surface area contributed by atoms with Gasteiger partial charge in [0.15, 0.2) is 0 Å². The van der Waals surface area contributed by atoms with Crippen LogP contribution in [-0.4, -0.2) is 12.6 Å². The van der Waals surface area contributed by atoms with Gasteiger partial charge in [0.05, 0.1) is 0 Å². The lowest BCUT2D eigenvalue weighted by molar-refractivity contribution is 0.215. The molecule has 0 heterocycles. The van der Waals surface area contributed by atoms with E-state index < -0.39 is 0 Å². The molecule has 3 rings (SSSR count). The fraction of sp³-hybridized carbons (Fsp3) is 0.846. The quantitative estimate of drug-likeness (QED) is 0.676. The summed E-state index contributed by atoms with van der Waals surface area (Å²) in [6, 6.07) is 0.845. The van der Waals surface area contributed by atoms with E-state index in [4.69, 9.17) is 0 Å². The molecule has 3 aliphatic rings. The van der Waals surface area contributed by atoms with E-state index in [1.54, 1.807) is 0 Å². The molecule has 0 aromatic heterocycles. The Balaban J connectivity index is 1.47. The molecule has 2 saturated carbocycles. The summed E-state index contributed by atoms with van der Waals surface area (Å²) >= 11 is 0. The average molecular weight is 191 g/mol. The molecule has 5 atom stereocenters. The standard InChI is InChI=1S/C13H21N/c1-9-2-5-13(9)14-8-12-7-10-3-4-11(12)6-10/h3-4,9-14H,2,5-8H2,1H3. The topological polar surface area (TPSA) is 12.0 Å². The maximum atomic E-state index is 3.76. The molecule has 14 heavy (non-hydrogen) atoms. The van der Waals surface area contributed by atoms with Gasteiger partial charge in [0.2, 0.25) is 0 Å². The van der Waals surface area contributed by atoms with Gasteiger partial charge in [-0.15, -0.1) is 0 Å². The predicted molar refractivity (Wildman–Crippen MR) is 59.0 cm³/mol. The third-order valence-electron chi connectivity index (χ3n) is 4.68. The Morgan fingerprint density at radius 1 is 1.21 bits per heavy atom. The number of rotatable bonds is 3. The molecule has 0 radical (unpaired) electrons. The van der Waals surface area contributed by atoms with Crippen LogP contribution in [0.15, 0.2) is 12.2 Å². The first-order chi connectivity index (χ1) is 6.83. The minimum atomic E-state index is 0.845. The Morgan fingerprint density at radius 3 is 2.64 bits per heavy atom. The second kappa shape index (κ2) is 3.37. The third kappa shape index (κ3) is 1.42. The summed E-state index contributed by atoms with van der Waals surface area (Å²) in [6.45, 7) is 3.66. The zero-order valence-corrected chi connectivity index (χ0v) is 9.08. The lowest BCUT2D eigenvalue weighted by Crippen LogP contribution is -2.44. The SMILES string of the molecule is CC1CCC1NCC1CC2C=CC1C2. The second-order valence-electron chi connectivity index (χ2n) is 5.61. The Morgan fingerprint density at radius 2 is 2.14 bits per heavy atom. The van der Waals surface area contributed by atoms with Gasteiger partial charge in [0.25, 0.3) is 0 Å². The molecule has 0 amide bonds. The van der Waals surface area contributed by atoms with Crippen LogP contribution in [0, 0.1) is 23.7 Å². The highest BCUT2D eigenvalue weighted by Crippen LogP contribution is 2.43. The minimum Gasteiger partial charge on any atom is -0.313 e. The van der Waals surface area contributed by atoms with E-state index >= 15 is 0 Å². The van der Waals surface area contributed by atoms with Crippen molar-refractivity contribution < 1.29 is 0 Å². The molecule has 1 nitrogen and oxygen atoms in total. The molecule has 0 aliphatic heterocycles. The maximum absolute atomic E-state index is 3.76. The maximum Gasteiger partial charge on any atom is 0.00929 e. The van der Waals surface area contributed by atoms with Gasteiger partial charge in [-0.25, -0.2) is 0 Å². The summed E-state index contributed by atoms with van der Waals surface area (Å²) < 4.78 is 0. The summed E-state index contributed by atoms with van der Waals surface area (Å²) in [6.07, 6.45) is 10.7. The summed E-state index contributed by atoms with van der Waals surface area (Å²) in [5.41, 5.74) is 0. The van der Waals surface area contributed by atoms with Crippen LogP contribution in [0.25, 0.3) is 0 Å². The molecule has 5 unspecified atom stereocenters. The van der Waals surface area contributed by atoms with Crippen molar-refractivity contribution in [1.29, 1.82) is 0 Å². The fourth-order valence-corrected chi connectivity index (χ4v) is 3.40. The zero-order chi connectivity index (χ0) is 9.54. The van der Waals surface area contributed by atoms with Crippen LogP contribution in [0.2, 0.25) is 0 Å². The lowest BCUT2D eigenvalue weighted by atomic mass is 9.80. The van der Waals surface area contributed by atoms with Crippen LogP contribution in [-0.2, 0) is 0 Å². The highest BCUT2D eigenvalue weighted by molar-refractivity contribution is 5.10. The number of allylic oxidation sites excluding steroid dienone is 2. The Labute approximate surface area is 87.0 Å². The number of nitrogens with one attached hydrogen (secondary N) is 1. The van der Waals surface area contributed by atoms with Gasteiger partial charge in [0.1, 0.15) is 0 Å². The monoisotopic (exact) mass is 191 g/mol. The molecule has 1 heteroatoms. The first kappa shape index (κ1) is 8.96. The molecule has 0 saturated heterocycles. The van der Waals surface area contributed by atoms with Gasteiger partial charge in [-0.05, 0) is 55.9 Å². The van der Waals surface area contributed by atoms with Crippen molar-refractivity contribution in [2.45, 2.75) is 38.6 Å². The largest absolute Gasteiger partial charge is 0.313 e. The molecular weight excluding hydrogens is 170 g/mol. The van der Waals surface area contributed by atoms with Crippen molar-refractivity contribution in [3.63, 3.8) is 0 Å². The molecule has 78 valence electrons. The van der Waals surface area contributed by atoms with Crippen LogP contribution in [0.3, 0.4) is 0 Å². The van der Waals surface area contributed by atoms with Crippen molar-refractivity contribution in [2.24, 2.45) is 23.7 Å². The van der Waals surface area contributed by atoms with Crippen LogP contribution >= 0.6 is 0 Å². The van der Waals surface area contributed by atoms with Gasteiger partial charge in [0, 0.05) is 6.04 Å². The van der Waals surface area contributed by atoms with E-state index in [1.807, 2.05) is 0 Å². The molecule has 0 spiro atoms. The zero-order valence-electron chi connectivity index (χ0n) is 9.08. The van der Waals surface area contributed by atoms with Gasteiger partial charge >= 0.3 is 0 Å². The fourth-order valence-electron chi connectivity index (χ4n) is 3.40. The number of hydrogen-bond acceptors (Lipinski definition) is 1. The molecule has 2 fully saturated rings. The van der Waals surface area contributed by atoms with Crippen LogP contribution in [0.5, 0.6) is 0 Å². The summed E-state index contributed by atoms with van der Waals surface area (Å²) in [7, 11) is 0. The van der Waals surface area contributed by atoms with Gasteiger partial charge in [-0.1, -0.05) is 19.1 Å². The Hall–Kier alpha value is -0.300. The molecular formula is C13H21N. The van der Waals surface area contributed by atoms with Crippen LogP contribution in [0.4, 0.5) is 0 Å². The normalized spacial score (nSPS) is 49.6. The lowest BCUT2D eigenvalue weighted by Gasteiger charge is -2.36. The smallest absolute Gasteiger partial charge is 0.00929 e. The Kier molecular flexibility index (Phi) is 2.16. The first-order valence-corrected chi connectivity index (χ1v) is 6.24. The number of fused-ring (bicyclic) bond motifs is 2. The van der Waals surface area contributed by atoms with E-state index in [2.05, 4.69) is 24.4 Å². The van der Waals surface area contributed by atoms with Crippen molar-refractivity contribution >= 4 is 0 Å².